The number of para-hydroxylation sites is 1. The minimum absolute atomic E-state index is 0.00610. The first-order chi connectivity index (χ1) is 20.9. The fourth-order valence-electron chi connectivity index (χ4n) is 4.11. The third kappa shape index (κ3) is 13.9. The van der Waals surface area contributed by atoms with Gasteiger partial charge in [-0.15, -0.1) is 0 Å². The van der Waals surface area contributed by atoms with Gasteiger partial charge in [-0.05, 0) is 55.9 Å². The van der Waals surface area contributed by atoms with E-state index in [0.717, 1.165) is 0 Å². The monoisotopic (exact) mass is 610 g/mol. The quantitative estimate of drug-likeness (QED) is 0.0676. The number of rotatable bonds is 18. The maximum Gasteiger partial charge on any atom is 0.242 e. The van der Waals surface area contributed by atoms with E-state index in [1.165, 1.54) is 0 Å². The Balaban J connectivity index is 2.03. The standard InChI is InChI=1S/C30H46N10O4/c1-19(2)25(18-26(41)38-20-9-6-12-22(17-20)44-21-10-4-3-5-11-21)40-28(43)24(14-8-16-37-30(34)35)39-27(42)23(31)13-7-15-36-29(32)33/h3-6,9-12,17,19,23-25H,7-8,13-16,18,31H2,1-2H3,(H,38,41)(H,39,42)(H,40,43)(H4,32,33,36)(H4,34,35,37)/t23-,24-,25?/m0/s1. The van der Waals surface area contributed by atoms with Gasteiger partial charge in [-0.25, -0.2) is 0 Å². The maximum absolute atomic E-state index is 13.4. The Bertz CT molecular complexity index is 1260. The molecule has 0 spiro atoms. The molecule has 14 heteroatoms. The minimum atomic E-state index is -0.920. The summed E-state index contributed by atoms with van der Waals surface area (Å²) in [6.45, 7) is 4.39. The van der Waals surface area contributed by atoms with Gasteiger partial charge in [0.25, 0.3) is 0 Å². The highest BCUT2D eigenvalue weighted by atomic mass is 16.5. The molecule has 0 radical (unpaired) electrons. The predicted molar refractivity (Wildman–Crippen MR) is 173 cm³/mol. The first kappa shape index (κ1) is 35.3. The van der Waals surface area contributed by atoms with Crippen LogP contribution in [0.15, 0.2) is 64.6 Å². The molecular weight excluding hydrogens is 564 g/mol. The normalized spacial score (nSPS) is 12.7. The van der Waals surface area contributed by atoms with E-state index in [9.17, 15) is 14.4 Å². The smallest absolute Gasteiger partial charge is 0.242 e. The van der Waals surface area contributed by atoms with Gasteiger partial charge < -0.3 is 49.4 Å². The van der Waals surface area contributed by atoms with Crippen LogP contribution in [0.5, 0.6) is 11.5 Å². The number of hydrogen-bond donors (Lipinski definition) is 8. The van der Waals surface area contributed by atoms with Crippen molar-refractivity contribution < 1.29 is 19.1 Å². The molecule has 3 atom stereocenters. The fraction of sp³-hybridized carbons (Fsp3) is 0.433. The molecule has 2 rings (SSSR count). The molecular formula is C30H46N10O4. The van der Waals surface area contributed by atoms with Crippen LogP contribution >= 0.6 is 0 Å². The number of anilines is 1. The van der Waals surface area contributed by atoms with Gasteiger partial charge in [0.15, 0.2) is 11.9 Å². The Morgan fingerprint density at radius 1 is 0.795 bits per heavy atom. The second-order valence-electron chi connectivity index (χ2n) is 10.6. The van der Waals surface area contributed by atoms with Crippen molar-refractivity contribution in [2.45, 2.75) is 64.1 Å². The summed E-state index contributed by atoms with van der Waals surface area (Å²) in [4.78, 5) is 47.0. The molecule has 0 bridgehead atoms. The summed E-state index contributed by atoms with van der Waals surface area (Å²) in [5.74, 6) is -0.193. The Morgan fingerprint density at radius 3 is 2.02 bits per heavy atom. The van der Waals surface area contributed by atoms with Gasteiger partial charge >= 0.3 is 0 Å². The van der Waals surface area contributed by atoms with E-state index in [0.29, 0.717) is 43.0 Å². The number of benzene rings is 2. The Kier molecular flexibility index (Phi) is 15.0. The number of carbonyl (C=O) groups excluding carboxylic acids is 3. The zero-order valence-electron chi connectivity index (χ0n) is 25.4. The Morgan fingerprint density at radius 2 is 1.41 bits per heavy atom. The summed E-state index contributed by atoms with van der Waals surface area (Å²) in [5.41, 5.74) is 28.1. The van der Waals surface area contributed by atoms with Gasteiger partial charge in [-0.3, -0.25) is 24.4 Å². The maximum atomic E-state index is 13.4. The van der Waals surface area contributed by atoms with Crippen LogP contribution in [0.2, 0.25) is 0 Å². The third-order valence-electron chi connectivity index (χ3n) is 6.52. The lowest BCUT2D eigenvalue weighted by molar-refractivity contribution is -0.130. The summed E-state index contributed by atoms with van der Waals surface area (Å²) in [7, 11) is 0. The summed E-state index contributed by atoms with van der Waals surface area (Å²) < 4.78 is 5.85. The topological polar surface area (TPSA) is 251 Å². The van der Waals surface area contributed by atoms with Crippen LogP contribution in [0, 0.1) is 5.92 Å². The van der Waals surface area contributed by atoms with E-state index >= 15 is 0 Å². The van der Waals surface area contributed by atoms with E-state index in [2.05, 4.69) is 25.9 Å². The van der Waals surface area contributed by atoms with Gasteiger partial charge in [-0.1, -0.05) is 38.1 Å². The molecule has 44 heavy (non-hydrogen) atoms. The number of aliphatic imine (C=N–C) groups is 2. The van der Waals surface area contributed by atoms with Crippen molar-refractivity contribution in [2.24, 2.45) is 44.6 Å². The van der Waals surface area contributed by atoms with Crippen LogP contribution in [0.1, 0.15) is 46.0 Å². The predicted octanol–water partition coefficient (Wildman–Crippen LogP) is 0.868. The van der Waals surface area contributed by atoms with Gasteiger partial charge in [0, 0.05) is 37.3 Å². The number of carbonyl (C=O) groups is 3. The molecule has 2 aromatic carbocycles. The average Bonchev–Trinajstić information content (AvgIpc) is 2.96. The van der Waals surface area contributed by atoms with Crippen molar-refractivity contribution in [3.8, 4) is 11.5 Å². The molecule has 13 N–H and O–H groups in total. The van der Waals surface area contributed by atoms with Crippen molar-refractivity contribution in [1.29, 1.82) is 0 Å². The molecule has 0 saturated carbocycles. The lowest BCUT2D eigenvalue weighted by Gasteiger charge is -2.26. The Labute approximate surface area is 258 Å². The molecule has 0 saturated heterocycles. The van der Waals surface area contributed by atoms with Crippen LogP contribution in [0.25, 0.3) is 0 Å². The molecule has 14 nitrogen and oxygen atoms in total. The molecule has 240 valence electrons. The summed E-state index contributed by atoms with van der Waals surface area (Å²) in [6.07, 6.45) is 1.48. The van der Waals surface area contributed by atoms with Gasteiger partial charge in [-0.2, -0.15) is 0 Å². The van der Waals surface area contributed by atoms with Gasteiger partial charge in [0.2, 0.25) is 17.7 Å². The van der Waals surface area contributed by atoms with E-state index in [4.69, 9.17) is 33.4 Å². The second kappa shape index (κ2) is 18.6. The highest BCUT2D eigenvalue weighted by Gasteiger charge is 2.27. The van der Waals surface area contributed by atoms with Crippen LogP contribution in [0.3, 0.4) is 0 Å². The fourth-order valence-corrected chi connectivity index (χ4v) is 4.11. The first-order valence-corrected chi connectivity index (χ1v) is 14.5. The van der Waals surface area contributed by atoms with Crippen LogP contribution in [0.4, 0.5) is 5.69 Å². The summed E-state index contributed by atoms with van der Waals surface area (Å²) in [5, 5.41) is 8.52. The largest absolute Gasteiger partial charge is 0.457 e. The zero-order chi connectivity index (χ0) is 32.5. The average molecular weight is 611 g/mol. The molecule has 0 aliphatic carbocycles. The number of ether oxygens (including phenoxy) is 1. The highest BCUT2D eigenvalue weighted by Crippen LogP contribution is 2.24. The molecule has 0 aliphatic rings. The number of guanidine groups is 2. The van der Waals surface area contributed by atoms with Crippen molar-refractivity contribution in [3.63, 3.8) is 0 Å². The SMILES string of the molecule is CC(C)C(CC(=O)Nc1cccc(Oc2ccccc2)c1)NC(=O)[C@H](CCCN=C(N)N)NC(=O)[C@@H](N)CCCN=C(N)N. The van der Waals surface area contributed by atoms with E-state index in [1.54, 1.807) is 24.3 Å². The number of nitrogens with one attached hydrogen (secondary N) is 3. The van der Waals surface area contributed by atoms with E-state index in [-0.39, 0.29) is 43.1 Å². The summed E-state index contributed by atoms with van der Waals surface area (Å²) >= 11 is 0. The molecule has 3 amide bonds. The number of hydrogen-bond acceptors (Lipinski definition) is 7. The Hall–Kier alpha value is -4.85. The first-order valence-electron chi connectivity index (χ1n) is 14.5. The van der Waals surface area contributed by atoms with Crippen molar-refractivity contribution in [1.82, 2.24) is 10.6 Å². The molecule has 0 aromatic heterocycles. The van der Waals surface area contributed by atoms with Crippen molar-refractivity contribution in [2.75, 3.05) is 18.4 Å². The lowest BCUT2D eigenvalue weighted by atomic mass is 9.99. The number of nitrogens with zero attached hydrogens (tertiary/aromatic N) is 2. The zero-order valence-corrected chi connectivity index (χ0v) is 25.4. The highest BCUT2D eigenvalue weighted by molar-refractivity contribution is 5.93. The van der Waals surface area contributed by atoms with Crippen molar-refractivity contribution >= 4 is 35.3 Å². The minimum Gasteiger partial charge on any atom is -0.457 e. The molecule has 2 aromatic rings. The number of nitrogens with two attached hydrogens (primary N) is 5. The molecule has 0 fully saturated rings. The van der Waals surface area contributed by atoms with E-state index in [1.807, 2.05) is 44.2 Å². The summed E-state index contributed by atoms with van der Waals surface area (Å²) in [6, 6.07) is 14.0. The third-order valence-corrected chi connectivity index (χ3v) is 6.52. The molecule has 0 heterocycles. The molecule has 0 aliphatic heterocycles. The molecule has 1 unspecified atom stereocenters. The second-order valence-corrected chi connectivity index (χ2v) is 10.6. The van der Waals surface area contributed by atoms with Crippen LogP contribution < -0.4 is 49.4 Å². The van der Waals surface area contributed by atoms with Gasteiger partial charge in [0.05, 0.1) is 6.04 Å². The van der Waals surface area contributed by atoms with E-state index < -0.39 is 29.9 Å². The lowest BCUT2D eigenvalue weighted by Crippen LogP contribution is -2.54. The van der Waals surface area contributed by atoms with Gasteiger partial charge in [0.1, 0.15) is 17.5 Å². The van der Waals surface area contributed by atoms with Crippen LogP contribution in [-0.4, -0.2) is 60.9 Å². The van der Waals surface area contributed by atoms with Crippen LogP contribution in [-0.2, 0) is 14.4 Å². The van der Waals surface area contributed by atoms with Crippen molar-refractivity contribution in [3.05, 3.63) is 54.6 Å². The number of amides is 3.